The minimum atomic E-state index is 0.172. The van der Waals surface area contributed by atoms with Crippen molar-refractivity contribution in [3.05, 3.63) is 46.0 Å². The summed E-state index contributed by atoms with van der Waals surface area (Å²) in [6, 6.07) is 9.66. The molecule has 1 aromatic carbocycles. The topological polar surface area (TPSA) is 59.2 Å². The van der Waals surface area contributed by atoms with Crippen molar-refractivity contribution in [1.29, 1.82) is 0 Å². The summed E-state index contributed by atoms with van der Waals surface area (Å²) in [5.74, 6) is 1.77. The van der Waals surface area contributed by atoms with Crippen LogP contribution < -0.4 is 0 Å². The van der Waals surface area contributed by atoms with Crippen molar-refractivity contribution in [3.8, 4) is 16.5 Å². The Labute approximate surface area is 132 Å². The monoisotopic (exact) mass is 368 g/mol. The van der Waals surface area contributed by atoms with Crippen molar-refractivity contribution in [1.82, 2.24) is 10.1 Å². The average Bonchev–Trinajstić information content (AvgIpc) is 3.06. The Morgan fingerprint density at radius 1 is 1.25 bits per heavy atom. The van der Waals surface area contributed by atoms with E-state index in [9.17, 15) is 5.11 Å². The zero-order valence-corrected chi connectivity index (χ0v) is 13.3. The van der Waals surface area contributed by atoms with Gasteiger partial charge in [0.15, 0.2) is 5.82 Å². The molecule has 7 heteroatoms. The first kappa shape index (κ1) is 13.7. The van der Waals surface area contributed by atoms with Crippen LogP contribution in [0.5, 0.6) is 5.75 Å². The summed E-state index contributed by atoms with van der Waals surface area (Å²) < 4.78 is 6.22. The maximum atomic E-state index is 9.62. The molecule has 3 aromatic rings. The third kappa shape index (κ3) is 3.05. The van der Waals surface area contributed by atoms with Gasteiger partial charge in [0.2, 0.25) is 0 Å². The molecule has 2 aromatic heterocycles. The van der Waals surface area contributed by atoms with Crippen LogP contribution in [0.15, 0.2) is 49.6 Å². The summed E-state index contributed by atoms with van der Waals surface area (Å²) in [5, 5.41) is 15.3. The minimum absolute atomic E-state index is 0.172. The fourth-order valence-corrected chi connectivity index (χ4v) is 3.26. The van der Waals surface area contributed by atoms with Crippen LogP contribution in [0.4, 0.5) is 0 Å². The third-order valence-corrected chi connectivity index (χ3v) is 4.92. The fraction of sp³-hybridized carbons (Fsp3) is 0.0769. The standard InChI is InChI=1S/C13H9BrN2O2S2/c14-8-1-3-9(4-2-8)20-7-11-15-13(18-16-11)12-10(17)5-6-19-12/h1-6,17H,7H2. The summed E-state index contributed by atoms with van der Waals surface area (Å²) >= 11 is 6.41. The summed E-state index contributed by atoms with van der Waals surface area (Å²) in [5.41, 5.74) is 0. The molecule has 1 N–H and O–H groups in total. The highest BCUT2D eigenvalue weighted by Crippen LogP contribution is 2.33. The molecule has 0 aliphatic rings. The number of benzene rings is 1. The van der Waals surface area contributed by atoms with Crippen LogP contribution in [0.1, 0.15) is 5.82 Å². The van der Waals surface area contributed by atoms with Crippen molar-refractivity contribution in [2.75, 3.05) is 0 Å². The average molecular weight is 369 g/mol. The molecule has 20 heavy (non-hydrogen) atoms. The van der Waals surface area contributed by atoms with Crippen molar-refractivity contribution < 1.29 is 9.63 Å². The number of aromatic nitrogens is 2. The molecule has 0 atom stereocenters. The summed E-state index contributed by atoms with van der Waals surface area (Å²) in [4.78, 5) is 6.03. The van der Waals surface area contributed by atoms with Gasteiger partial charge >= 0.3 is 0 Å². The van der Waals surface area contributed by atoms with E-state index < -0.39 is 0 Å². The van der Waals surface area contributed by atoms with E-state index >= 15 is 0 Å². The van der Waals surface area contributed by atoms with Gasteiger partial charge in [0, 0.05) is 9.37 Å². The molecule has 0 fully saturated rings. The smallest absolute Gasteiger partial charge is 0.271 e. The summed E-state index contributed by atoms with van der Waals surface area (Å²) in [6.45, 7) is 0. The van der Waals surface area contributed by atoms with Gasteiger partial charge in [0.1, 0.15) is 10.6 Å². The summed E-state index contributed by atoms with van der Waals surface area (Å²) in [7, 11) is 0. The molecular weight excluding hydrogens is 360 g/mol. The second-order valence-corrected chi connectivity index (χ2v) is 6.77. The number of aromatic hydroxyl groups is 1. The molecule has 0 unspecified atom stereocenters. The van der Waals surface area contributed by atoms with Crippen LogP contribution in [0, 0.1) is 0 Å². The number of rotatable bonds is 4. The van der Waals surface area contributed by atoms with Gasteiger partial charge in [-0.1, -0.05) is 21.1 Å². The zero-order chi connectivity index (χ0) is 13.9. The van der Waals surface area contributed by atoms with E-state index in [4.69, 9.17) is 4.52 Å². The molecule has 2 heterocycles. The molecule has 4 nitrogen and oxygen atoms in total. The summed E-state index contributed by atoms with van der Waals surface area (Å²) in [6.07, 6.45) is 0. The van der Waals surface area contributed by atoms with E-state index in [0.29, 0.717) is 22.3 Å². The molecule has 0 spiro atoms. The number of hydrogen-bond acceptors (Lipinski definition) is 6. The highest BCUT2D eigenvalue weighted by molar-refractivity contribution is 9.10. The second kappa shape index (κ2) is 5.99. The predicted octanol–water partition coefficient (Wildman–Crippen LogP) is 4.56. The number of halogens is 1. The van der Waals surface area contributed by atoms with Gasteiger partial charge in [-0.15, -0.1) is 23.1 Å². The molecule has 0 saturated heterocycles. The highest BCUT2D eigenvalue weighted by Gasteiger charge is 2.14. The lowest BCUT2D eigenvalue weighted by Gasteiger charge is -1.97. The van der Waals surface area contributed by atoms with E-state index in [0.717, 1.165) is 9.37 Å². The van der Waals surface area contributed by atoms with Gasteiger partial charge < -0.3 is 9.63 Å². The van der Waals surface area contributed by atoms with E-state index in [-0.39, 0.29) is 5.75 Å². The number of thioether (sulfide) groups is 1. The van der Waals surface area contributed by atoms with Gasteiger partial charge in [0.25, 0.3) is 5.89 Å². The molecular formula is C13H9BrN2O2S2. The maximum absolute atomic E-state index is 9.62. The van der Waals surface area contributed by atoms with Crippen LogP contribution in [-0.2, 0) is 5.75 Å². The molecule has 0 radical (unpaired) electrons. The molecule has 0 saturated carbocycles. The van der Waals surface area contributed by atoms with Gasteiger partial charge in [0.05, 0.1) is 5.75 Å². The minimum Gasteiger partial charge on any atom is -0.506 e. The molecule has 3 rings (SSSR count). The number of hydrogen-bond donors (Lipinski definition) is 1. The first-order chi connectivity index (χ1) is 9.72. The van der Waals surface area contributed by atoms with E-state index in [2.05, 4.69) is 26.1 Å². The SMILES string of the molecule is Oc1ccsc1-c1nc(CSc2ccc(Br)cc2)no1. The molecule has 0 bridgehead atoms. The Kier molecular flexibility index (Phi) is 4.09. The molecule has 0 aliphatic heterocycles. The Balaban J connectivity index is 1.69. The van der Waals surface area contributed by atoms with Crippen LogP contribution >= 0.6 is 39.0 Å². The Hall–Kier alpha value is -1.31. The van der Waals surface area contributed by atoms with Gasteiger partial charge in [-0.3, -0.25) is 0 Å². The van der Waals surface area contributed by atoms with Gasteiger partial charge in [-0.2, -0.15) is 4.98 Å². The van der Waals surface area contributed by atoms with E-state index in [1.165, 1.54) is 11.3 Å². The predicted molar refractivity (Wildman–Crippen MR) is 83.0 cm³/mol. The number of thiophene rings is 1. The van der Waals surface area contributed by atoms with Gasteiger partial charge in [-0.25, -0.2) is 0 Å². The lowest BCUT2D eigenvalue weighted by molar-refractivity contribution is 0.421. The van der Waals surface area contributed by atoms with Crippen LogP contribution in [0.3, 0.4) is 0 Å². The van der Waals surface area contributed by atoms with Crippen LogP contribution in [0.25, 0.3) is 10.8 Å². The Morgan fingerprint density at radius 3 is 2.75 bits per heavy atom. The first-order valence-corrected chi connectivity index (χ1v) is 8.36. The lowest BCUT2D eigenvalue weighted by Crippen LogP contribution is -1.83. The van der Waals surface area contributed by atoms with E-state index in [1.54, 1.807) is 23.2 Å². The second-order valence-electron chi connectivity index (χ2n) is 3.89. The normalized spacial score (nSPS) is 10.8. The fourth-order valence-electron chi connectivity index (χ4n) is 1.55. The maximum Gasteiger partial charge on any atom is 0.271 e. The van der Waals surface area contributed by atoms with Gasteiger partial charge in [-0.05, 0) is 35.7 Å². The molecule has 0 amide bonds. The molecule has 0 aliphatic carbocycles. The first-order valence-electron chi connectivity index (χ1n) is 5.70. The Bertz CT molecular complexity index is 709. The zero-order valence-electron chi connectivity index (χ0n) is 10.1. The Morgan fingerprint density at radius 2 is 2.05 bits per heavy atom. The largest absolute Gasteiger partial charge is 0.506 e. The molecule has 102 valence electrons. The van der Waals surface area contributed by atoms with Crippen molar-refractivity contribution >= 4 is 39.0 Å². The lowest BCUT2D eigenvalue weighted by atomic mass is 10.4. The quantitative estimate of drug-likeness (QED) is 0.684. The van der Waals surface area contributed by atoms with Crippen molar-refractivity contribution in [3.63, 3.8) is 0 Å². The van der Waals surface area contributed by atoms with Crippen molar-refractivity contribution in [2.45, 2.75) is 10.6 Å². The van der Waals surface area contributed by atoms with Crippen LogP contribution in [0.2, 0.25) is 0 Å². The van der Waals surface area contributed by atoms with Crippen molar-refractivity contribution in [2.24, 2.45) is 0 Å². The van der Waals surface area contributed by atoms with E-state index in [1.807, 2.05) is 24.3 Å². The number of nitrogens with zero attached hydrogens (tertiary/aromatic N) is 2. The third-order valence-electron chi connectivity index (χ3n) is 2.49. The highest BCUT2D eigenvalue weighted by atomic mass is 79.9. The van der Waals surface area contributed by atoms with Crippen LogP contribution in [-0.4, -0.2) is 15.2 Å².